The van der Waals surface area contributed by atoms with Crippen molar-refractivity contribution in [3.8, 4) is 11.8 Å². The van der Waals surface area contributed by atoms with Crippen LogP contribution in [0.4, 0.5) is 0 Å². The fraction of sp³-hybridized carbons (Fsp3) is 0.0588. The van der Waals surface area contributed by atoms with Gasteiger partial charge in [-0.05, 0) is 42.6 Å². The first-order valence-corrected chi connectivity index (χ1v) is 5.98. The molecule has 0 fully saturated rings. The summed E-state index contributed by atoms with van der Waals surface area (Å²) in [4.78, 5) is 3.33. The van der Waals surface area contributed by atoms with Crippen LogP contribution in [0.15, 0.2) is 54.6 Å². The van der Waals surface area contributed by atoms with Gasteiger partial charge in [0, 0.05) is 22.3 Å². The van der Waals surface area contributed by atoms with Crippen LogP contribution < -0.4 is 0 Å². The van der Waals surface area contributed by atoms with Gasteiger partial charge in [0.1, 0.15) is 0 Å². The summed E-state index contributed by atoms with van der Waals surface area (Å²) in [5.41, 5.74) is 4.40. The van der Waals surface area contributed by atoms with E-state index in [0.717, 1.165) is 16.6 Å². The number of nitrogens with one attached hydrogen (secondary N) is 1. The second kappa shape index (κ2) is 4.43. The zero-order valence-electron chi connectivity index (χ0n) is 10.2. The average molecular weight is 231 g/mol. The summed E-state index contributed by atoms with van der Waals surface area (Å²) in [7, 11) is 0. The molecule has 0 atom stereocenters. The minimum Gasteiger partial charge on any atom is -0.359 e. The number of fused-ring (bicyclic) bond motifs is 1. The van der Waals surface area contributed by atoms with E-state index in [0.29, 0.717) is 0 Å². The molecule has 0 bridgehead atoms. The molecular weight excluding hydrogens is 218 g/mol. The monoisotopic (exact) mass is 231 g/mol. The Morgan fingerprint density at radius 2 is 1.61 bits per heavy atom. The number of hydrogen-bond acceptors (Lipinski definition) is 0. The molecule has 1 heteroatoms. The smallest absolute Gasteiger partial charge is 0.0468 e. The van der Waals surface area contributed by atoms with Crippen LogP contribution in [0.25, 0.3) is 10.9 Å². The van der Waals surface area contributed by atoms with Gasteiger partial charge in [-0.3, -0.25) is 0 Å². The summed E-state index contributed by atoms with van der Waals surface area (Å²) < 4.78 is 0. The van der Waals surface area contributed by atoms with Gasteiger partial charge < -0.3 is 4.98 Å². The van der Waals surface area contributed by atoms with Crippen molar-refractivity contribution in [1.82, 2.24) is 4.98 Å². The molecule has 0 aliphatic rings. The molecule has 2 aromatic carbocycles. The molecule has 86 valence electrons. The second-order valence-corrected chi connectivity index (χ2v) is 4.37. The van der Waals surface area contributed by atoms with E-state index in [1.54, 1.807) is 0 Å². The third kappa shape index (κ3) is 2.14. The molecule has 0 unspecified atom stereocenters. The highest BCUT2D eigenvalue weighted by Crippen LogP contribution is 2.16. The minimum absolute atomic E-state index is 1.04. The SMILES string of the molecule is Cc1cc2ccc(C#Cc3ccccc3)cc2[nH]1. The number of rotatable bonds is 0. The average Bonchev–Trinajstić information content (AvgIpc) is 2.77. The first-order chi connectivity index (χ1) is 8.81. The zero-order chi connectivity index (χ0) is 12.4. The summed E-state index contributed by atoms with van der Waals surface area (Å²) in [5.74, 6) is 6.36. The number of H-pyrrole nitrogens is 1. The Kier molecular flexibility index (Phi) is 2.63. The molecular formula is C17H13N. The third-order valence-corrected chi connectivity index (χ3v) is 2.88. The lowest BCUT2D eigenvalue weighted by Crippen LogP contribution is -1.76. The van der Waals surface area contributed by atoms with Gasteiger partial charge in [-0.1, -0.05) is 36.1 Å². The van der Waals surface area contributed by atoms with Crippen molar-refractivity contribution in [1.29, 1.82) is 0 Å². The molecule has 1 heterocycles. The number of aromatic nitrogens is 1. The van der Waals surface area contributed by atoms with Crippen LogP contribution in [-0.2, 0) is 0 Å². The zero-order valence-corrected chi connectivity index (χ0v) is 10.2. The maximum atomic E-state index is 3.33. The molecule has 1 N–H and O–H groups in total. The van der Waals surface area contributed by atoms with Crippen LogP contribution in [-0.4, -0.2) is 4.98 Å². The standard InChI is InChI=1S/C17H13N/c1-13-11-16-10-9-15(12-17(16)18-13)8-7-14-5-3-2-4-6-14/h2-6,9-12,18H,1H3. The topological polar surface area (TPSA) is 15.8 Å². The molecule has 1 nitrogen and oxygen atoms in total. The van der Waals surface area contributed by atoms with E-state index in [4.69, 9.17) is 0 Å². The first-order valence-electron chi connectivity index (χ1n) is 5.98. The van der Waals surface area contributed by atoms with Gasteiger partial charge in [0.2, 0.25) is 0 Å². The van der Waals surface area contributed by atoms with Crippen molar-refractivity contribution in [2.75, 3.05) is 0 Å². The van der Waals surface area contributed by atoms with E-state index in [2.05, 4.69) is 48.0 Å². The van der Waals surface area contributed by atoms with Crippen molar-refractivity contribution in [3.05, 3.63) is 71.4 Å². The summed E-state index contributed by atoms with van der Waals surface area (Å²) >= 11 is 0. The van der Waals surface area contributed by atoms with Crippen LogP contribution in [0.2, 0.25) is 0 Å². The van der Waals surface area contributed by atoms with Crippen LogP contribution in [0.3, 0.4) is 0 Å². The molecule has 0 aliphatic heterocycles. The molecule has 18 heavy (non-hydrogen) atoms. The number of hydrogen-bond donors (Lipinski definition) is 1. The predicted octanol–water partition coefficient (Wildman–Crippen LogP) is 3.88. The van der Waals surface area contributed by atoms with E-state index in [-0.39, 0.29) is 0 Å². The summed E-state index contributed by atoms with van der Waals surface area (Å²) in [6, 6.07) is 18.4. The van der Waals surface area contributed by atoms with Gasteiger partial charge in [0.05, 0.1) is 0 Å². The molecule has 0 saturated carbocycles. The minimum atomic E-state index is 1.04. The molecule has 0 radical (unpaired) electrons. The van der Waals surface area contributed by atoms with Crippen LogP contribution in [0.5, 0.6) is 0 Å². The Balaban J connectivity index is 1.98. The van der Waals surface area contributed by atoms with E-state index in [9.17, 15) is 0 Å². The highest BCUT2D eigenvalue weighted by Gasteiger charge is 1.97. The van der Waals surface area contributed by atoms with Gasteiger partial charge in [-0.15, -0.1) is 0 Å². The van der Waals surface area contributed by atoms with E-state index in [1.807, 2.05) is 30.3 Å². The number of benzene rings is 2. The van der Waals surface area contributed by atoms with Gasteiger partial charge in [-0.2, -0.15) is 0 Å². The highest BCUT2D eigenvalue weighted by atomic mass is 14.7. The Morgan fingerprint density at radius 1 is 0.833 bits per heavy atom. The van der Waals surface area contributed by atoms with Gasteiger partial charge in [0.15, 0.2) is 0 Å². The fourth-order valence-electron chi connectivity index (χ4n) is 2.02. The van der Waals surface area contributed by atoms with Gasteiger partial charge in [0.25, 0.3) is 0 Å². The maximum absolute atomic E-state index is 3.33. The third-order valence-electron chi connectivity index (χ3n) is 2.88. The number of aromatic amines is 1. The predicted molar refractivity (Wildman–Crippen MR) is 75.5 cm³/mol. The molecule has 1 aromatic heterocycles. The van der Waals surface area contributed by atoms with E-state index < -0.39 is 0 Å². The largest absolute Gasteiger partial charge is 0.359 e. The van der Waals surface area contributed by atoms with Crippen molar-refractivity contribution < 1.29 is 0 Å². The Morgan fingerprint density at radius 3 is 2.44 bits per heavy atom. The van der Waals surface area contributed by atoms with Crippen LogP contribution in [0.1, 0.15) is 16.8 Å². The Hall–Kier alpha value is -2.46. The molecule has 3 rings (SSSR count). The summed E-state index contributed by atoms with van der Waals surface area (Å²) in [6.07, 6.45) is 0. The van der Waals surface area contributed by atoms with Crippen molar-refractivity contribution in [2.45, 2.75) is 6.92 Å². The fourth-order valence-corrected chi connectivity index (χ4v) is 2.02. The second-order valence-electron chi connectivity index (χ2n) is 4.37. The van der Waals surface area contributed by atoms with Crippen LogP contribution in [0, 0.1) is 18.8 Å². The first kappa shape index (κ1) is 10.7. The lowest BCUT2D eigenvalue weighted by molar-refractivity contribution is 1.30. The van der Waals surface area contributed by atoms with Gasteiger partial charge in [-0.25, -0.2) is 0 Å². The lowest BCUT2D eigenvalue weighted by Gasteiger charge is -1.92. The lowest BCUT2D eigenvalue weighted by atomic mass is 10.1. The normalized spacial score (nSPS) is 10.1. The van der Waals surface area contributed by atoms with Gasteiger partial charge >= 0.3 is 0 Å². The molecule has 3 aromatic rings. The van der Waals surface area contributed by atoms with E-state index in [1.165, 1.54) is 11.1 Å². The quantitative estimate of drug-likeness (QED) is 0.565. The molecule has 0 saturated heterocycles. The Labute approximate surface area is 106 Å². The summed E-state index contributed by atoms with van der Waals surface area (Å²) in [5, 5.41) is 1.23. The molecule has 0 amide bonds. The maximum Gasteiger partial charge on any atom is 0.0468 e. The van der Waals surface area contributed by atoms with Crippen molar-refractivity contribution >= 4 is 10.9 Å². The molecule has 0 aliphatic carbocycles. The van der Waals surface area contributed by atoms with Crippen molar-refractivity contribution in [3.63, 3.8) is 0 Å². The summed E-state index contributed by atoms with van der Waals surface area (Å²) in [6.45, 7) is 2.06. The van der Waals surface area contributed by atoms with Crippen LogP contribution >= 0.6 is 0 Å². The van der Waals surface area contributed by atoms with Crippen molar-refractivity contribution in [2.24, 2.45) is 0 Å². The highest BCUT2D eigenvalue weighted by molar-refractivity contribution is 5.81. The van der Waals surface area contributed by atoms with E-state index >= 15 is 0 Å². The Bertz CT molecular complexity index is 739. The molecule has 0 spiro atoms. The number of aryl methyl sites for hydroxylation is 1.